The first-order valence-electron chi connectivity index (χ1n) is 10.4. The number of amides is 2. The van der Waals surface area contributed by atoms with Crippen LogP contribution in [0.2, 0.25) is 0 Å². The Morgan fingerprint density at radius 2 is 1.79 bits per heavy atom. The summed E-state index contributed by atoms with van der Waals surface area (Å²) in [5.41, 5.74) is 4.76. The molecule has 2 saturated heterocycles. The number of anilines is 1. The van der Waals surface area contributed by atoms with E-state index >= 15 is 0 Å². The van der Waals surface area contributed by atoms with Crippen LogP contribution in [0.5, 0.6) is 0 Å². The van der Waals surface area contributed by atoms with Gasteiger partial charge in [-0.1, -0.05) is 42.0 Å². The number of nitrogens with zero attached hydrogens (tertiary/aromatic N) is 2. The van der Waals surface area contributed by atoms with E-state index in [-0.39, 0.29) is 17.7 Å². The van der Waals surface area contributed by atoms with Crippen LogP contribution in [0.15, 0.2) is 48.5 Å². The molecule has 29 heavy (non-hydrogen) atoms. The Hall–Kier alpha value is -2.27. The molecule has 4 rings (SSSR count). The molecule has 4 nitrogen and oxygen atoms in total. The molecule has 2 fully saturated rings. The molecule has 0 radical (unpaired) electrons. The van der Waals surface area contributed by atoms with Crippen LogP contribution in [0.3, 0.4) is 0 Å². The molecule has 2 aromatic carbocycles. The van der Waals surface area contributed by atoms with Crippen molar-refractivity contribution in [3.05, 3.63) is 65.2 Å². The van der Waals surface area contributed by atoms with E-state index in [1.54, 1.807) is 4.90 Å². The number of aryl methyl sites for hydroxylation is 2. The zero-order chi connectivity index (χ0) is 20.4. The second-order valence-electron chi connectivity index (χ2n) is 8.07. The maximum absolute atomic E-state index is 13.2. The van der Waals surface area contributed by atoms with Crippen LogP contribution < -0.4 is 4.90 Å². The SMILES string of the molecule is Cc1ccc(N2CC(C(=O)N3CCSC(c4ccccc4C)CC3)CC2=O)cc1. The Bertz CT molecular complexity index is 896. The summed E-state index contributed by atoms with van der Waals surface area (Å²) in [5, 5.41) is 0.434. The van der Waals surface area contributed by atoms with Gasteiger partial charge in [0.15, 0.2) is 0 Å². The average Bonchev–Trinajstić information content (AvgIpc) is 2.95. The summed E-state index contributed by atoms with van der Waals surface area (Å²) in [5.74, 6) is 0.893. The van der Waals surface area contributed by atoms with Crippen molar-refractivity contribution in [2.45, 2.75) is 31.9 Å². The number of thioether (sulfide) groups is 1. The highest BCUT2D eigenvalue weighted by molar-refractivity contribution is 7.99. The first-order chi connectivity index (χ1) is 14.0. The Balaban J connectivity index is 1.40. The predicted octanol–water partition coefficient (Wildman–Crippen LogP) is 4.36. The van der Waals surface area contributed by atoms with E-state index in [2.05, 4.69) is 31.2 Å². The molecule has 0 spiro atoms. The van der Waals surface area contributed by atoms with Gasteiger partial charge < -0.3 is 9.80 Å². The topological polar surface area (TPSA) is 40.6 Å². The van der Waals surface area contributed by atoms with Gasteiger partial charge in [0.25, 0.3) is 0 Å². The molecule has 5 heteroatoms. The maximum Gasteiger partial charge on any atom is 0.228 e. The minimum atomic E-state index is -0.233. The quantitative estimate of drug-likeness (QED) is 0.758. The van der Waals surface area contributed by atoms with Gasteiger partial charge in [-0.05, 0) is 43.5 Å². The second-order valence-corrected chi connectivity index (χ2v) is 9.38. The standard InChI is InChI=1S/C24H28N2O2S/c1-17-7-9-20(10-8-17)26-16-19(15-23(26)27)24(28)25-12-11-22(29-14-13-25)21-6-4-3-5-18(21)2/h3-10,19,22H,11-16H2,1-2H3. The number of carbonyl (C=O) groups is 2. The van der Waals surface area contributed by atoms with E-state index in [1.807, 2.05) is 47.9 Å². The van der Waals surface area contributed by atoms with Gasteiger partial charge in [0.2, 0.25) is 11.8 Å². The normalized spacial score (nSPS) is 22.6. The zero-order valence-electron chi connectivity index (χ0n) is 17.1. The lowest BCUT2D eigenvalue weighted by atomic mass is 10.0. The maximum atomic E-state index is 13.2. The van der Waals surface area contributed by atoms with Crippen molar-refractivity contribution in [2.75, 3.05) is 30.3 Å². The number of carbonyl (C=O) groups excluding carboxylic acids is 2. The van der Waals surface area contributed by atoms with Crippen molar-refractivity contribution in [1.29, 1.82) is 0 Å². The summed E-state index contributed by atoms with van der Waals surface area (Å²) in [6.07, 6.45) is 1.28. The molecule has 152 valence electrons. The molecule has 2 unspecified atom stereocenters. The number of rotatable bonds is 3. The fourth-order valence-corrected chi connectivity index (χ4v) is 5.62. The van der Waals surface area contributed by atoms with Crippen molar-refractivity contribution < 1.29 is 9.59 Å². The van der Waals surface area contributed by atoms with Crippen molar-refractivity contribution in [3.63, 3.8) is 0 Å². The Morgan fingerprint density at radius 1 is 1.03 bits per heavy atom. The van der Waals surface area contributed by atoms with Gasteiger partial charge in [0.05, 0.1) is 5.92 Å². The minimum absolute atomic E-state index is 0.0502. The lowest BCUT2D eigenvalue weighted by molar-refractivity contribution is -0.135. The predicted molar refractivity (Wildman–Crippen MR) is 119 cm³/mol. The highest BCUT2D eigenvalue weighted by atomic mass is 32.2. The molecule has 2 amide bonds. The minimum Gasteiger partial charge on any atom is -0.342 e. The van der Waals surface area contributed by atoms with Gasteiger partial charge in [0, 0.05) is 42.7 Å². The van der Waals surface area contributed by atoms with Gasteiger partial charge >= 0.3 is 0 Å². The van der Waals surface area contributed by atoms with Gasteiger partial charge in [-0.25, -0.2) is 0 Å². The number of hydrogen-bond acceptors (Lipinski definition) is 3. The molecule has 2 aliphatic heterocycles. The van der Waals surface area contributed by atoms with Crippen LogP contribution in [0.4, 0.5) is 5.69 Å². The lowest BCUT2D eigenvalue weighted by Gasteiger charge is -2.24. The van der Waals surface area contributed by atoms with Crippen LogP contribution in [0.25, 0.3) is 0 Å². The first-order valence-corrected chi connectivity index (χ1v) is 11.4. The number of benzene rings is 2. The van der Waals surface area contributed by atoms with Gasteiger partial charge in [-0.15, -0.1) is 0 Å². The van der Waals surface area contributed by atoms with E-state index < -0.39 is 0 Å². The molecule has 0 saturated carbocycles. The van der Waals surface area contributed by atoms with E-state index in [9.17, 15) is 9.59 Å². The molecular formula is C24H28N2O2S. The molecular weight excluding hydrogens is 380 g/mol. The first kappa shape index (κ1) is 20.0. The molecule has 0 N–H and O–H groups in total. The summed E-state index contributed by atoms with van der Waals surface area (Å²) in [6, 6.07) is 16.5. The molecule has 2 atom stereocenters. The van der Waals surface area contributed by atoms with E-state index in [4.69, 9.17) is 0 Å². The highest BCUT2D eigenvalue weighted by Crippen LogP contribution is 2.36. The second kappa shape index (κ2) is 8.62. The summed E-state index contributed by atoms with van der Waals surface area (Å²) in [4.78, 5) is 29.5. The van der Waals surface area contributed by atoms with Crippen LogP contribution in [-0.2, 0) is 9.59 Å². The largest absolute Gasteiger partial charge is 0.342 e. The van der Waals surface area contributed by atoms with Crippen LogP contribution in [0, 0.1) is 19.8 Å². The smallest absolute Gasteiger partial charge is 0.228 e. The summed E-state index contributed by atoms with van der Waals surface area (Å²) >= 11 is 1.94. The van der Waals surface area contributed by atoms with Gasteiger partial charge in [-0.2, -0.15) is 11.8 Å². The third kappa shape index (κ3) is 4.35. The average molecular weight is 409 g/mol. The summed E-state index contributed by atoms with van der Waals surface area (Å²) < 4.78 is 0. The molecule has 2 aromatic rings. The Labute approximate surface area is 177 Å². The molecule has 2 heterocycles. The van der Waals surface area contributed by atoms with Crippen LogP contribution in [0.1, 0.15) is 34.8 Å². The van der Waals surface area contributed by atoms with Crippen molar-refractivity contribution in [3.8, 4) is 0 Å². The van der Waals surface area contributed by atoms with Crippen LogP contribution in [-0.4, -0.2) is 42.1 Å². The lowest BCUT2D eigenvalue weighted by Crippen LogP contribution is -2.38. The van der Waals surface area contributed by atoms with Crippen molar-refractivity contribution in [1.82, 2.24) is 4.90 Å². The third-order valence-electron chi connectivity index (χ3n) is 6.01. The Morgan fingerprint density at radius 3 is 2.55 bits per heavy atom. The summed E-state index contributed by atoms with van der Waals surface area (Å²) in [7, 11) is 0. The van der Waals surface area contributed by atoms with E-state index in [0.717, 1.165) is 31.0 Å². The monoisotopic (exact) mass is 408 g/mol. The Kier molecular flexibility index (Phi) is 5.95. The highest BCUT2D eigenvalue weighted by Gasteiger charge is 2.37. The zero-order valence-corrected chi connectivity index (χ0v) is 18.0. The van der Waals surface area contributed by atoms with Crippen LogP contribution >= 0.6 is 11.8 Å². The van der Waals surface area contributed by atoms with Gasteiger partial charge in [0.1, 0.15) is 0 Å². The van der Waals surface area contributed by atoms with E-state index in [1.165, 1.54) is 16.7 Å². The van der Waals surface area contributed by atoms with E-state index in [0.29, 0.717) is 18.2 Å². The third-order valence-corrected chi connectivity index (χ3v) is 7.32. The van der Waals surface area contributed by atoms with Gasteiger partial charge in [-0.3, -0.25) is 9.59 Å². The fourth-order valence-electron chi connectivity index (χ4n) is 4.29. The molecule has 0 aromatic heterocycles. The van der Waals surface area contributed by atoms with Crippen molar-refractivity contribution in [2.24, 2.45) is 5.92 Å². The number of hydrogen-bond donors (Lipinski definition) is 0. The fraction of sp³-hybridized carbons (Fsp3) is 0.417. The molecule has 0 bridgehead atoms. The molecule has 0 aliphatic carbocycles. The summed E-state index contributed by atoms with van der Waals surface area (Å²) in [6.45, 7) is 6.21. The van der Waals surface area contributed by atoms with Crippen molar-refractivity contribution >= 4 is 29.3 Å². The molecule has 2 aliphatic rings.